The van der Waals surface area contributed by atoms with Crippen LogP contribution in [0.15, 0.2) is 61.1 Å². The van der Waals surface area contributed by atoms with Crippen molar-refractivity contribution in [3.8, 4) is 0 Å². The number of carbonyl (C=O) groups is 2. The fourth-order valence-corrected chi connectivity index (χ4v) is 3.72. The van der Waals surface area contributed by atoms with Crippen LogP contribution in [0.5, 0.6) is 0 Å². The van der Waals surface area contributed by atoms with Crippen LogP contribution in [0.25, 0.3) is 0 Å². The summed E-state index contributed by atoms with van der Waals surface area (Å²) in [7, 11) is 3.79. The Balaban J connectivity index is 1.63. The molecule has 0 bridgehead atoms. The smallest absolute Gasteiger partial charge is 0.188 e. The molecule has 0 aliphatic heterocycles. The highest BCUT2D eigenvalue weighted by atomic mass is 16.1. The number of benzene rings is 1. The fraction of sp³-hybridized carbons (Fsp3) is 0.240. The Labute approximate surface area is 186 Å². The lowest BCUT2D eigenvalue weighted by atomic mass is 9.95. The predicted molar refractivity (Wildman–Crippen MR) is 121 cm³/mol. The minimum absolute atomic E-state index is 0.212. The molecule has 0 fully saturated rings. The first-order chi connectivity index (χ1) is 15.4. The molecule has 0 aliphatic rings. The summed E-state index contributed by atoms with van der Waals surface area (Å²) in [6.45, 7) is 1.90. The van der Waals surface area contributed by atoms with E-state index >= 15 is 0 Å². The van der Waals surface area contributed by atoms with Gasteiger partial charge in [-0.3, -0.25) is 23.9 Å². The lowest BCUT2D eigenvalue weighted by molar-refractivity contribution is 0.0891. The van der Waals surface area contributed by atoms with Crippen molar-refractivity contribution in [1.29, 1.82) is 0 Å². The molecule has 4 rings (SSSR count). The van der Waals surface area contributed by atoms with E-state index in [-0.39, 0.29) is 18.0 Å². The van der Waals surface area contributed by atoms with Crippen LogP contribution in [-0.4, -0.2) is 36.1 Å². The van der Waals surface area contributed by atoms with Crippen LogP contribution in [0, 0.1) is 6.92 Å². The molecule has 162 valence electrons. The molecule has 32 heavy (non-hydrogen) atoms. The Hall–Kier alpha value is -3.87. The summed E-state index contributed by atoms with van der Waals surface area (Å²) in [6, 6.07) is 13.3. The number of aryl methyl sites for hydroxylation is 3. The predicted octanol–water partition coefficient (Wildman–Crippen LogP) is 3.49. The summed E-state index contributed by atoms with van der Waals surface area (Å²) in [6.07, 6.45) is 6.18. The number of nitrogens with zero attached hydrogens (tertiary/aromatic N) is 5. The molecule has 7 nitrogen and oxygen atoms in total. The van der Waals surface area contributed by atoms with Crippen LogP contribution in [0.3, 0.4) is 0 Å². The minimum atomic E-state index is -0.274. The topological polar surface area (TPSA) is 82.7 Å². The van der Waals surface area contributed by atoms with E-state index < -0.39 is 0 Å². The Morgan fingerprint density at radius 1 is 0.781 bits per heavy atom. The summed E-state index contributed by atoms with van der Waals surface area (Å²) >= 11 is 0. The van der Waals surface area contributed by atoms with Crippen molar-refractivity contribution >= 4 is 11.6 Å². The fourth-order valence-electron chi connectivity index (χ4n) is 3.72. The molecule has 0 aliphatic carbocycles. The van der Waals surface area contributed by atoms with Gasteiger partial charge < -0.3 is 0 Å². The number of aromatic nitrogens is 5. The van der Waals surface area contributed by atoms with Gasteiger partial charge in [0.15, 0.2) is 11.6 Å². The van der Waals surface area contributed by atoms with Crippen LogP contribution >= 0.6 is 0 Å². The number of Topliss-reactive ketones (excluding diaryl/α,β-unsaturated/α-hetero) is 2. The van der Waals surface area contributed by atoms with E-state index in [1.54, 1.807) is 24.7 Å². The van der Waals surface area contributed by atoms with Crippen LogP contribution in [0.4, 0.5) is 0 Å². The Kier molecular flexibility index (Phi) is 6.07. The Bertz CT molecular complexity index is 1220. The third kappa shape index (κ3) is 4.88. The van der Waals surface area contributed by atoms with Gasteiger partial charge in [0.1, 0.15) is 5.69 Å². The molecule has 3 heterocycles. The van der Waals surface area contributed by atoms with Crippen molar-refractivity contribution in [3.05, 3.63) is 100 Å². The highest BCUT2D eigenvalue weighted by Crippen LogP contribution is 2.19. The normalized spacial score (nSPS) is 11.0. The zero-order chi connectivity index (χ0) is 22.7. The molecule has 3 aromatic heterocycles. The molecule has 4 aromatic rings. The second-order valence-electron chi connectivity index (χ2n) is 8.03. The molecule has 0 saturated heterocycles. The maximum absolute atomic E-state index is 13.1. The zero-order valence-corrected chi connectivity index (χ0v) is 18.4. The molecule has 1 aromatic carbocycles. The van der Waals surface area contributed by atoms with E-state index in [4.69, 9.17) is 0 Å². The van der Waals surface area contributed by atoms with Gasteiger partial charge in [0.25, 0.3) is 0 Å². The van der Waals surface area contributed by atoms with Crippen LogP contribution < -0.4 is 0 Å². The van der Waals surface area contributed by atoms with E-state index in [0.29, 0.717) is 24.1 Å². The molecular formula is C25H25N5O2. The highest BCUT2D eigenvalue weighted by Gasteiger charge is 2.17. The summed E-state index contributed by atoms with van der Waals surface area (Å²) in [5.41, 5.74) is 5.87. The van der Waals surface area contributed by atoms with Crippen molar-refractivity contribution < 1.29 is 9.59 Å². The third-order valence-electron chi connectivity index (χ3n) is 5.51. The van der Waals surface area contributed by atoms with Gasteiger partial charge in [-0.25, -0.2) is 0 Å². The average molecular weight is 428 g/mol. The molecular weight excluding hydrogens is 402 g/mol. The number of hydrogen-bond donors (Lipinski definition) is 0. The van der Waals surface area contributed by atoms with Crippen molar-refractivity contribution in [1.82, 2.24) is 24.5 Å². The second kappa shape index (κ2) is 9.09. The minimum Gasteiger partial charge on any atom is -0.294 e. The van der Waals surface area contributed by atoms with E-state index in [9.17, 15) is 9.59 Å². The van der Waals surface area contributed by atoms with Crippen LogP contribution in [0.1, 0.15) is 55.3 Å². The van der Waals surface area contributed by atoms with Crippen molar-refractivity contribution in [3.63, 3.8) is 0 Å². The SMILES string of the molecule is Cc1ccnc(C(=O)CC(=O)c2cc(Cc3ccnn3C)cc(Cc3ccnn3C)c2)c1. The molecule has 7 heteroatoms. The molecule has 0 atom stereocenters. The Morgan fingerprint density at radius 3 is 1.88 bits per heavy atom. The zero-order valence-electron chi connectivity index (χ0n) is 18.4. The van der Waals surface area contributed by atoms with Gasteiger partial charge >= 0.3 is 0 Å². The van der Waals surface area contributed by atoms with E-state index in [1.165, 1.54) is 0 Å². The lowest BCUT2D eigenvalue weighted by Crippen LogP contribution is -2.11. The quantitative estimate of drug-likeness (QED) is 0.318. The maximum atomic E-state index is 13.1. The molecule has 0 saturated carbocycles. The average Bonchev–Trinajstić information content (AvgIpc) is 3.35. The summed E-state index contributed by atoms with van der Waals surface area (Å²) in [4.78, 5) is 29.8. The van der Waals surface area contributed by atoms with Crippen molar-refractivity contribution in [2.75, 3.05) is 0 Å². The molecule has 0 spiro atoms. The molecule has 0 unspecified atom stereocenters. The standard InChI is InChI=1S/C25H25N5O2/c1-17-4-7-26-23(10-17)25(32)16-24(31)20-12-18(14-21-5-8-27-29(21)2)11-19(13-20)15-22-6-9-28-30(22)3/h4-13H,14-16H2,1-3H3. The number of hydrogen-bond acceptors (Lipinski definition) is 5. The van der Waals surface area contributed by atoms with Crippen molar-refractivity contribution in [2.45, 2.75) is 26.2 Å². The maximum Gasteiger partial charge on any atom is 0.188 e. The van der Waals surface area contributed by atoms with E-state index in [0.717, 1.165) is 28.1 Å². The van der Waals surface area contributed by atoms with Gasteiger partial charge in [0.05, 0.1) is 6.42 Å². The van der Waals surface area contributed by atoms with Gasteiger partial charge in [-0.1, -0.05) is 6.07 Å². The first-order valence-electron chi connectivity index (χ1n) is 10.4. The number of carbonyl (C=O) groups excluding carboxylic acids is 2. The van der Waals surface area contributed by atoms with Crippen LogP contribution in [-0.2, 0) is 26.9 Å². The van der Waals surface area contributed by atoms with Crippen molar-refractivity contribution in [2.24, 2.45) is 14.1 Å². The molecule has 0 N–H and O–H groups in total. The van der Waals surface area contributed by atoms with E-state index in [2.05, 4.69) is 21.2 Å². The molecule has 0 radical (unpaired) electrons. The Morgan fingerprint density at radius 2 is 1.38 bits per heavy atom. The third-order valence-corrected chi connectivity index (χ3v) is 5.51. The summed E-state index contributed by atoms with van der Waals surface area (Å²) in [5, 5.41) is 8.46. The summed E-state index contributed by atoms with van der Waals surface area (Å²) < 4.78 is 3.64. The highest BCUT2D eigenvalue weighted by molar-refractivity contribution is 6.13. The van der Waals surface area contributed by atoms with Gasteiger partial charge in [-0.05, 0) is 60.0 Å². The first-order valence-corrected chi connectivity index (χ1v) is 10.4. The van der Waals surface area contributed by atoms with E-state index in [1.807, 2.05) is 60.7 Å². The number of pyridine rings is 1. The van der Waals surface area contributed by atoms with Gasteiger partial charge in [-0.2, -0.15) is 10.2 Å². The number of rotatable bonds is 8. The summed E-state index contributed by atoms with van der Waals surface area (Å²) in [5.74, 6) is -0.486. The first kappa shape index (κ1) is 21.4. The van der Waals surface area contributed by atoms with Gasteiger partial charge in [-0.15, -0.1) is 0 Å². The number of ketones is 2. The van der Waals surface area contributed by atoms with Gasteiger partial charge in [0, 0.05) is 62.5 Å². The second-order valence-corrected chi connectivity index (χ2v) is 8.03. The monoisotopic (exact) mass is 427 g/mol. The van der Waals surface area contributed by atoms with Gasteiger partial charge in [0.2, 0.25) is 0 Å². The molecule has 0 amide bonds. The van der Waals surface area contributed by atoms with Crippen LogP contribution in [0.2, 0.25) is 0 Å². The lowest BCUT2D eigenvalue weighted by Gasteiger charge is -2.11. The largest absolute Gasteiger partial charge is 0.294 e.